The second-order valence-corrected chi connectivity index (χ2v) is 10.6. The standard InChI is InChI=1S/C29H40N4O7/c1-6-38-26-15-8-20(16-27(26)39-7-2)18-30-28(35)24-17-23(33(36)37)13-14-25(24)31-21-9-11-22(12-10-21)32(19-34)40-29(3,4)5/h8,13-17,19,21-22,31H,6-7,9-12,18H2,1-5H3,(H,30,35). The van der Waals surface area contributed by atoms with Gasteiger partial charge in [-0.1, -0.05) is 6.07 Å². The van der Waals surface area contributed by atoms with Crippen LogP contribution in [0.5, 0.6) is 11.5 Å². The van der Waals surface area contributed by atoms with E-state index in [1.54, 1.807) is 12.1 Å². The van der Waals surface area contributed by atoms with Crippen LogP contribution in [-0.4, -0.2) is 53.2 Å². The fourth-order valence-corrected chi connectivity index (χ4v) is 4.64. The minimum Gasteiger partial charge on any atom is -0.490 e. The van der Waals surface area contributed by atoms with Gasteiger partial charge in [0.05, 0.1) is 35.3 Å². The quantitative estimate of drug-likeness (QED) is 0.195. The smallest absolute Gasteiger partial charge is 0.270 e. The molecule has 2 N–H and O–H groups in total. The summed E-state index contributed by atoms with van der Waals surface area (Å²) in [6, 6.07) is 9.69. The highest BCUT2D eigenvalue weighted by Gasteiger charge is 2.29. The molecule has 0 aromatic heterocycles. The number of hydrogen-bond acceptors (Lipinski definition) is 8. The van der Waals surface area contributed by atoms with E-state index in [4.69, 9.17) is 14.3 Å². The number of hydrogen-bond donors (Lipinski definition) is 2. The molecule has 0 unspecified atom stereocenters. The van der Waals surface area contributed by atoms with E-state index in [1.807, 2.05) is 46.8 Å². The lowest BCUT2D eigenvalue weighted by atomic mass is 9.90. The van der Waals surface area contributed by atoms with Gasteiger partial charge >= 0.3 is 0 Å². The van der Waals surface area contributed by atoms with Gasteiger partial charge in [-0.05, 0) is 84.1 Å². The van der Waals surface area contributed by atoms with Crippen molar-refractivity contribution in [1.29, 1.82) is 0 Å². The van der Waals surface area contributed by atoms with Gasteiger partial charge in [0, 0.05) is 30.4 Å². The molecule has 0 bridgehead atoms. The Kier molecular flexibility index (Phi) is 10.7. The molecule has 0 saturated heterocycles. The minimum absolute atomic E-state index is 0.0345. The van der Waals surface area contributed by atoms with Gasteiger partial charge in [0.25, 0.3) is 11.6 Å². The van der Waals surface area contributed by atoms with Gasteiger partial charge in [0.2, 0.25) is 6.41 Å². The van der Waals surface area contributed by atoms with Gasteiger partial charge in [-0.2, -0.15) is 0 Å². The van der Waals surface area contributed by atoms with Gasteiger partial charge in [0.15, 0.2) is 11.5 Å². The molecule has 1 aliphatic rings. The Hall–Kier alpha value is -3.86. The van der Waals surface area contributed by atoms with Crippen molar-refractivity contribution in [1.82, 2.24) is 10.4 Å². The number of nitro benzene ring substituents is 1. The van der Waals surface area contributed by atoms with E-state index >= 15 is 0 Å². The van der Waals surface area contributed by atoms with Gasteiger partial charge in [-0.25, -0.2) is 5.06 Å². The molecule has 218 valence electrons. The summed E-state index contributed by atoms with van der Waals surface area (Å²) in [4.78, 5) is 41.6. The van der Waals surface area contributed by atoms with Crippen LogP contribution in [0.1, 0.15) is 76.2 Å². The Morgan fingerprint density at radius 2 is 1.73 bits per heavy atom. The molecule has 0 radical (unpaired) electrons. The Labute approximate surface area is 235 Å². The fourth-order valence-electron chi connectivity index (χ4n) is 4.64. The lowest BCUT2D eigenvalue weighted by Gasteiger charge is -2.37. The Balaban J connectivity index is 1.70. The Bertz CT molecular complexity index is 1170. The second-order valence-electron chi connectivity index (χ2n) is 10.6. The Morgan fingerprint density at radius 3 is 2.33 bits per heavy atom. The maximum absolute atomic E-state index is 13.3. The topological polar surface area (TPSA) is 132 Å². The first-order valence-electron chi connectivity index (χ1n) is 13.7. The molecule has 2 aromatic rings. The van der Waals surface area contributed by atoms with Crippen LogP contribution in [0.25, 0.3) is 0 Å². The number of non-ortho nitro benzene ring substituents is 1. The molecule has 11 heteroatoms. The van der Waals surface area contributed by atoms with Crippen molar-refractivity contribution in [2.75, 3.05) is 18.5 Å². The van der Waals surface area contributed by atoms with Crippen molar-refractivity contribution in [3.8, 4) is 11.5 Å². The molecule has 1 saturated carbocycles. The first-order valence-corrected chi connectivity index (χ1v) is 13.7. The molecular weight excluding hydrogens is 516 g/mol. The molecule has 11 nitrogen and oxygen atoms in total. The lowest BCUT2D eigenvalue weighted by Crippen LogP contribution is -2.43. The summed E-state index contributed by atoms with van der Waals surface area (Å²) in [7, 11) is 0. The van der Waals surface area contributed by atoms with Crippen molar-refractivity contribution in [3.63, 3.8) is 0 Å². The maximum atomic E-state index is 13.3. The molecular formula is C29H40N4O7. The van der Waals surface area contributed by atoms with Crippen molar-refractivity contribution >= 4 is 23.7 Å². The first-order chi connectivity index (χ1) is 19.0. The summed E-state index contributed by atoms with van der Waals surface area (Å²) < 4.78 is 11.3. The number of amides is 2. The molecule has 0 atom stereocenters. The number of carbonyl (C=O) groups excluding carboxylic acids is 2. The zero-order valence-corrected chi connectivity index (χ0v) is 23.9. The van der Waals surface area contributed by atoms with Gasteiger partial charge in [0.1, 0.15) is 0 Å². The molecule has 0 heterocycles. The van der Waals surface area contributed by atoms with Crippen LogP contribution < -0.4 is 20.1 Å². The van der Waals surface area contributed by atoms with Crippen LogP contribution in [-0.2, 0) is 16.2 Å². The van der Waals surface area contributed by atoms with E-state index in [2.05, 4.69) is 10.6 Å². The lowest BCUT2D eigenvalue weighted by molar-refractivity contribution is -0.384. The number of anilines is 1. The highest BCUT2D eigenvalue weighted by molar-refractivity contribution is 6.00. The average molecular weight is 557 g/mol. The first kappa shape index (κ1) is 30.7. The number of nitro groups is 1. The zero-order valence-electron chi connectivity index (χ0n) is 23.9. The van der Waals surface area contributed by atoms with Crippen LogP contribution in [0, 0.1) is 10.1 Å². The third-order valence-electron chi connectivity index (χ3n) is 6.42. The fraction of sp³-hybridized carbons (Fsp3) is 0.517. The largest absolute Gasteiger partial charge is 0.490 e. The van der Waals surface area contributed by atoms with Crippen molar-refractivity contribution < 1.29 is 28.8 Å². The Morgan fingerprint density at radius 1 is 1.05 bits per heavy atom. The SMILES string of the molecule is CCOc1ccc(CNC(=O)c2cc([N+](=O)[O-])ccc2NC2CCC(N(C=O)OC(C)(C)C)CC2)cc1OCC. The van der Waals surface area contributed by atoms with Crippen molar-refractivity contribution in [2.45, 2.75) is 84.5 Å². The van der Waals surface area contributed by atoms with E-state index < -0.39 is 16.4 Å². The molecule has 3 rings (SSSR count). The van der Waals surface area contributed by atoms with Crippen molar-refractivity contribution in [2.24, 2.45) is 0 Å². The maximum Gasteiger partial charge on any atom is 0.270 e. The van der Waals surface area contributed by atoms with E-state index in [1.165, 1.54) is 17.2 Å². The van der Waals surface area contributed by atoms with E-state index in [0.717, 1.165) is 37.7 Å². The van der Waals surface area contributed by atoms with E-state index in [9.17, 15) is 19.7 Å². The zero-order chi connectivity index (χ0) is 29.3. The molecule has 0 spiro atoms. The number of ether oxygens (including phenoxy) is 2. The predicted octanol–water partition coefficient (Wildman–Crippen LogP) is 5.23. The number of hydroxylamine groups is 2. The number of nitrogens with one attached hydrogen (secondary N) is 2. The molecule has 40 heavy (non-hydrogen) atoms. The second kappa shape index (κ2) is 14.0. The summed E-state index contributed by atoms with van der Waals surface area (Å²) in [6.45, 7) is 10.6. The number of benzene rings is 2. The van der Waals surface area contributed by atoms with Crippen LogP contribution in [0.3, 0.4) is 0 Å². The van der Waals surface area contributed by atoms with E-state index in [-0.39, 0.29) is 29.9 Å². The monoisotopic (exact) mass is 556 g/mol. The molecule has 2 aromatic carbocycles. The van der Waals surface area contributed by atoms with Crippen LogP contribution >= 0.6 is 0 Å². The highest BCUT2D eigenvalue weighted by atomic mass is 16.7. The number of nitrogens with zero attached hydrogens (tertiary/aromatic N) is 2. The van der Waals surface area contributed by atoms with Crippen LogP contribution in [0.15, 0.2) is 36.4 Å². The highest BCUT2D eigenvalue weighted by Crippen LogP contribution is 2.31. The molecule has 1 aliphatic carbocycles. The third-order valence-corrected chi connectivity index (χ3v) is 6.42. The average Bonchev–Trinajstić information content (AvgIpc) is 2.92. The molecule has 1 fully saturated rings. The van der Waals surface area contributed by atoms with Crippen molar-refractivity contribution in [3.05, 3.63) is 57.6 Å². The molecule has 2 amide bonds. The number of rotatable bonds is 13. The van der Waals surface area contributed by atoms with Crippen LogP contribution in [0.2, 0.25) is 0 Å². The molecule has 0 aliphatic heterocycles. The van der Waals surface area contributed by atoms with Gasteiger partial charge in [-0.3, -0.25) is 24.5 Å². The summed E-state index contributed by atoms with van der Waals surface area (Å²) in [6.07, 6.45) is 3.66. The summed E-state index contributed by atoms with van der Waals surface area (Å²) in [5.41, 5.74) is 0.868. The third kappa shape index (κ3) is 8.57. The van der Waals surface area contributed by atoms with Gasteiger partial charge < -0.3 is 20.1 Å². The number of carbonyl (C=O) groups is 2. The summed E-state index contributed by atoms with van der Waals surface area (Å²) in [5, 5.41) is 19.1. The van der Waals surface area contributed by atoms with Crippen LogP contribution in [0.4, 0.5) is 11.4 Å². The predicted molar refractivity (Wildman–Crippen MR) is 151 cm³/mol. The summed E-state index contributed by atoms with van der Waals surface area (Å²) in [5.74, 6) is 0.781. The normalized spacial score (nSPS) is 17.0. The summed E-state index contributed by atoms with van der Waals surface area (Å²) >= 11 is 0. The van der Waals surface area contributed by atoms with Gasteiger partial charge in [-0.15, -0.1) is 0 Å². The van der Waals surface area contributed by atoms with E-state index in [0.29, 0.717) is 30.4 Å². The minimum atomic E-state index is -0.518.